The molecule has 1 unspecified atom stereocenters. The Morgan fingerprint density at radius 1 is 0.534 bits per heavy atom. The maximum absolute atomic E-state index is 14.1. The van der Waals surface area contributed by atoms with Crippen LogP contribution in [-0.2, 0) is 64.1 Å². The Kier molecular flexibility index (Phi) is 17.9. The molecule has 1 atom stereocenters. The predicted octanol–water partition coefficient (Wildman–Crippen LogP) is 8.74. The van der Waals surface area contributed by atoms with E-state index in [1.165, 1.54) is 51.4 Å². The molecule has 4 aromatic carbocycles. The van der Waals surface area contributed by atoms with Crippen molar-refractivity contribution in [2.75, 3.05) is 21.3 Å². The molecule has 4 heterocycles. The number of halogens is 3. The molecule has 18 nitrogen and oxygen atoms in total. The average Bonchev–Trinajstić information content (AvgIpc) is 4.22. The third-order valence-electron chi connectivity index (χ3n) is 10.7. The van der Waals surface area contributed by atoms with E-state index < -0.39 is 41.7 Å². The number of aryl methyl sites for hydroxylation is 4. The van der Waals surface area contributed by atoms with Crippen molar-refractivity contribution in [2.24, 2.45) is 0 Å². The Labute approximate surface area is 436 Å². The highest BCUT2D eigenvalue weighted by molar-refractivity contribution is 7.16. The fourth-order valence-corrected chi connectivity index (χ4v) is 10.6. The van der Waals surface area contributed by atoms with Crippen molar-refractivity contribution in [1.29, 1.82) is 0 Å². The first-order valence-electron chi connectivity index (χ1n) is 22.6. The van der Waals surface area contributed by atoms with Crippen LogP contribution in [0.2, 0.25) is 5.02 Å². The van der Waals surface area contributed by atoms with Gasteiger partial charge < -0.3 is 26.2 Å². The molecule has 73 heavy (non-hydrogen) atoms. The van der Waals surface area contributed by atoms with Crippen LogP contribution in [0.3, 0.4) is 0 Å². The second kappa shape index (κ2) is 25.0. The third-order valence-corrected chi connectivity index (χ3v) is 14.6. The molecule has 0 aliphatic carbocycles. The summed E-state index contributed by atoms with van der Waals surface area (Å²) in [6.45, 7) is 0. The smallest absolute Gasteiger partial charge is 0.259 e. The van der Waals surface area contributed by atoms with Gasteiger partial charge in [0.1, 0.15) is 20.0 Å². The number of aromatic nitrogens is 8. The van der Waals surface area contributed by atoms with E-state index in [1.54, 1.807) is 18.2 Å². The number of carbonyl (C=O) groups is 4. The minimum Gasteiger partial charge on any atom is -0.503 e. The largest absolute Gasteiger partial charge is 0.503 e. The number of amides is 4. The molecule has 0 fully saturated rings. The summed E-state index contributed by atoms with van der Waals surface area (Å²) in [6.07, 6.45) is 4.00. The lowest BCUT2D eigenvalue weighted by Crippen LogP contribution is -2.20. The second-order valence-corrected chi connectivity index (χ2v) is 21.0. The third kappa shape index (κ3) is 15.2. The SMILES string of the molecule is O=C(Cc1cccc(-c2cccc(CC(=O)Nc3nnc(CCCCc4nnc(NC(=O)C(O)c5cccc(Cl)c5)s4)s3)c2)c1)Nc1nnc(CCCCc2nnc(NC(=O)Cc3ccc(F)c(O)c3F)s2)s1. The van der Waals surface area contributed by atoms with Gasteiger partial charge in [-0.2, -0.15) is 0 Å². The lowest BCUT2D eigenvalue weighted by atomic mass is 9.99. The molecule has 0 spiro atoms. The molecule has 4 aromatic heterocycles. The van der Waals surface area contributed by atoms with Crippen molar-refractivity contribution in [1.82, 2.24) is 40.8 Å². The fraction of sp³-hybridized carbons (Fsp3) is 0.250. The summed E-state index contributed by atoms with van der Waals surface area (Å²) < 4.78 is 27.4. The number of nitrogens with zero attached hydrogens (tertiary/aromatic N) is 8. The van der Waals surface area contributed by atoms with E-state index in [4.69, 9.17) is 11.6 Å². The molecule has 6 N–H and O–H groups in total. The average molecular weight is 1090 g/mol. The number of aromatic hydroxyl groups is 1. The second-order valence-electron chi connectivity index (χ2n) is 16.3. The summed E-state index contributed by atoms with van der Waals surface area (Å²) in [6, 6.07) is 23.7. The van der Waals surface area contributed by atoms with Crippen LogP contribution in [0.4, 0.5) is 29.3 Å². The van der Waals surface area contributed by atoms with Crippen LogP contribution < -0.4 is 21.3 Å². The van der Waals surface area contributed by atoms with Crippen molar-refractivity contribution in [3.05, 3.63) is 144 Å². The van der Waals surface area contributed by atoms with Crippen LogP contribution in [0, 0.1) is 11.6 Å². The number of aliphatic hydroxyl groups is 1. The first-order valence-corrected chi connectivity index (χ1v) is 26.2. The highest BCUT2D eigenvalue weighted by atomic mass is 35.5. The maximum Gasteiger partial charge on any atom is 0.259 e. The molecule has 0 radical (unpaired) electrons. The molecule has 0 saturated heterocycles. The van der Waals surface area contributed by atoms with Gasteiger partial charge in [-0.15, -0.1) is 40.8 Å². The quantitative estimate of drug-likeness (QED) is 0.0327. The first kappa shape index (κ1) is 52.2. The lowest BCUT2D eigenvalue weighted by molar-refractivity contribution is -0.124. The van der Waals surface area contributed by atoms with Gasteiger partial charge in [0.25, 0.3) is 5.91 Å². The van der Waals surface area contributed by atoms with Crippen LogP contribution in [0.25, 0.3) is 11.1 Å². The normalized spacial score (nSPS) is 11.6. The van der Waals surface area contributed by atoms with Crippen molar-refractivity contribution < 1.29 is 38.2 Å². The monoisotopic (exact) mass is 1080 g/mol. The van der Waals surface area contributed by atoms with Gasteiger partial charge in [0.05, 0.1) is 19.3 Å². The number of hydrogen-bond acceptors (Lipinski definition) is 18. The molecule has 0 aliphatic heterocycles. The van der Waals surface area contributed by atoms with E-state index in [-0.39, 0.29) is 35.4 Å². The lowest BCUT2D eigenvalue weighted by Gasteiger charge is -2.09. The van der Waals surface area contributed by atoms with Gasteiger partial charge in [-0.3, -0.25) is 24.5 Å². The number of rotatable bonds is 23. The summed E-state index contributed by atoms with van der Waals surface area (Å²) in [5.41, 5.74) is 3.58. The molecular formula is C48H43ClF2N12O6S4. The highest BCUT2D eigenvalue weighted by Gasteiger charge is 2.21. The Hall–Kier alpha value is -7.09. The fourth-order valence-electron chi connectivity index (χ4n) is 7.20. The van der Waals surface area contributed by atoms with Gasteiger partial charge in [-0.05, 0) is 71.7 Å². The van der Waals surface area contributed by atoms with Gasteiger partial charge in [-0.25, -0.2) is 8.78 Å². The molecule has 25 heteroatoms. The van der Waals surface area contributed by atoms with Crippen LogP contribution in [0.15, 0.2) is 84.9 Å². The Balaban J connectivity index is 0.719. The number of benzene rings is 4. The van der Waals surface area contributed by atoms with Crippen molar-refractivity contribution in [2.45, 2.75) is 76.7 Å². The number of phenolic OH excluding ortho intramolecular Hbond substituents is 1. The number of unbranched alkanes of at least 4 members (excludes halogenated alkanes) is 2. The predicted molar refractivity (Wildman–Crippen MR) is 275 cm³/mol. The highest BCUT2D eigenvalue weighted by Crippen LogP contribution is 2.28. The van der Waals surface area contributed by atoms with Crippen LogP contribution in [-0.4, -0.2) is 74.6 Å². The summed E-state index contributed by atoms with van der Waals surface area (Å²) in [5.74, 6) is -5.12. The molecule has 8 aromatic rings. The number of hydrogen-bond donors (Lipinski definition) is 6. The Morgan fingerprint density at radius 3 is 1.41 bits per heavy atom. The van der Waals surface area contributed by atoms with Gasteiger partial charge in [-0.1, -0.05) is 124 Å². The number of anilines is 4. The van der Waals surface area contributed by atoms with E-state index >= 15 is 0 Å². The molecule has 8 rings (SSSR count). The van der Waals surface area contributed by atoms with E-state index in [9.17, 15) is 38.2 Å². The van der Waals surface area contributed by atoms with Gasteiger partial charge in [0.2, 0.25) is 38.2 Å². The number of carbonyl (C=O) groups excluding carboxylic acids is 4. The van der Waals surface area contributed by atoms with E-state index in [0.29, 0.717) is 56.7 Å². The number of nitrogens with one attached hydrogen (secondary N) is 4. The first-order chi connectivity index (χ1) is 35.3. The zero-order chi connectivity index (χ0) is 51.3. The Morgan fingerprint density at radius 2 is 0.959 bits per heavy atom. The molecule has 376 valence electrons. The molecule has 4 amide bonds. The minimum absolute atomic E-state index is 0.107. The summed E-state index contributed by atoms with van der Waals surface area (Å²) in [7, 11) is 0. The van der Waals surface area contributed by atoms with Crippen molar-refractivity contribution in [3.63, 3.8) is 0 Å². The summed E-state index contributed by atoms with van der Waals surface area (Å²) >= 11 is 11.0. The number of aliphatic hydroxyl groups excluding tert-OH is 1. The summed E-state index contributed by atoms with van der Waals surface area (Å²) in [4.78, 5) is 51.0. The Bertz CT molecular complexity index is 3240. The maximum atomic E-state index is 14.1. The van der Waals surface area contributed by atoms with Crippen molar-refractivity contribution in [3.8, 4) is 16.9 Å². The van der Waals surface area contributed by atoms with Gasteiger partial charge >= 0.3 is 0 Å². The van der Waals surface area contributed by atoms with E-state index in [2.05, 4.69) is 62.1 Å². The van der Waals surface area contributed by atoms with E-state index in [1.807, 2.05) is 48.5 Å². The number of phenols is 1. The van der Waals surface area contributed by atoms with E-state index in [0.717, 1.165) is 75.1 Å². The van der Waals surface area contributed by atoms with Gasteiger partial charge in [0.15, 0.2) is 23.5 Å². The molecule has 0 bridgehead atoms. The van der Waals surface area contributed by atoms with Crippen LogP contribution >= 0.6 is 56.9 Å². The van der Waals surface area contributed by atoms with Gasteiger partial charge in [0, 0.05) is 36.3 Å². The molecule has 0 saturated carbocycles. The van der Waals surface area contributed by atoms with Crippen LogP contribution in [0.5, 0.6) is 5.75 Å². The zero-order valence-electron chi connectivity index (χ0n) is 38.3. The molecule has 0 aliphatic rings. The topological polar surface area (TPSA) is 260 Å². The van der Waals surface area contributed by atoms with Crippen LogP contribution in [0.1, 0.15) is 74.1 Å². The zero-order valence-corrected chi connectivity index (χ0v) is 42.3. The minimum atomic E-state index is -1.40. The molecular weight excluding hydrogens is 1040 g/mol. The standard InChI is InChI=1S/C48H43ClF2N12O6S4/c49-32-13-7-12-31(24-32)42(67)44(69)55-48-63-59-40(73-48)17-4-3-15-38-57-61-46(71-38)53-35(65)23-27-9-6-11-29(21-27)28-10-5-8-26(20-28)22-34(64)52-45-60-56-37(70-45)14-1-2-16-39-58-62-47(72-39)54-36(66)25-30-18-19-33(50)43(68)41(30)51/h5-13,18-21,24,42,67-68H,1-4,14-17,22-23,25H2,(H,52,60,64)(H,53,61,65)(H,54,62,66)(H,55,63,69). The summed E-state index contributed by atoms with van der Waals surface area (Å²) in [5, 5.41) is 68.4. The van der Waals surface area contributed by atoms with Crippen molar-refractivity contribution >= 4 is 101 Å².